The van der Waals surface area contributed by atoms with Gasteiger partial charge in [-0.05, 0) is 30.8 Å². The Morgan fingerprint density at radius 3 is 2.67 bits per heavy atom. The Kier molecular flexibility index (Phi) is 3.94. The highest BCUT2D eigenvalue weighted by Crippen LogP contribution is 2.40. The first-order valence-electron chi connectivity index (χ1n) is 8.47. The molecule has 4 nitrogen and oxygen atoms in total. The number of benzene rings is 2. The van der Waals surface area contributed by atoms with Crippen LogP contribution < -0.4 is 9.47 Å². The van der Waals surface area contributed by atoms with Gasteiger partial charge in [-0.15, -0.1) is 0 Å². The maximum atomic E-state index is 6.28. The van der Waals surface area contributed by atoms with E-state index in [9.17, 15) is 0 Å². The van der Waals surface area contributed by atoms with Gasteiger partial charge in [0, 0.05) is 37.1 Å². The highest BCUT2D eigenvalue weighted by molar-refractivity contribution is 5.71. The molecular formula is C20H23NO3. The Labute approximate surface area is 142 Å². The third kappa shape index (κ3) is 2.76. The van der Waals surface area contributed by atoms with Crippen LogP contribution in [0.4, 0.5) is 0 Å². The zero-order valence-electron chi connectivity index (χ0n) is 14.2. The van der Waals surface area contributed by atoms with Crippen molar-refractivity contribution < 1.29 is 14.2 Å². The maximum Gasteiger partial charge on any atom is 0.213 e. The summed E-state index contributed by atoms with van der Waals surface area (Å²) in [4.78, 5) is 2.32. The molecule has 4 heteroatoms. The minimum Gasteiger partial charge on any atom is -0.496 e. The quantitative estimate of drug-likeness (QED) is 0.842. The van der Waals surface area contributed by atoms with Gasteiger partial charge in [0.05, 0.1) is 13.7 Å². The summed E-state index contributed by atoms with van der Waals surface area (Å²) in [5.74, 6) is 1.39. The Balaban J connectivity index is 1.62. The predicted molar refractivity (Wildman–Crippen MR) is 93.3 cm³/mol. The Bertz CT molecular complexity index is 735. The number of hydrogen-bond donors (Lipinski definition) is 0. The number of fused-ring (bicyclic) bond motifs is 1. The van der Waals surface area contributed by atoms with Crippen LogP contribution >= 0.6 is 0 Å². The van der Waals surface area contributed by atoms with E-state index in [0.717, 1.165) is 54.1 Å². The lowest BCUT2D eigenvalue weighted by molar-refractivity contribution is -0.226. The molecule has 2 aliphatic heterocycles. The molecule has 0 atom stereocenters. The molecule has 0 saturated carbocycles. The van der Waals surface area contributed by atoms with Gasteiger partial charge in [0.25, 0.3) is 0 Å². The normalized spacial score (nSPS) is 19.6. The first-order chi connectivity index (χ1) is 11.7. The van der Waals surface area contributed by atoms with Crippen molar-refractivity contribution in [3.8, 4) is 22.6 Å². The summed E-state index contributed by atoms with van der Waals surface area (Å²) >= 11 is 0. The van der Waals surface area contributed by atoms with Crippen molar-refractivity contribution in [1.82, 2.24) is 4.90 Å². The van der Waals surface area contributed by atoms with Crippen molar-refractivity contribution in [2.75, 3.05) is 27.2 Å². The van der Waals surface area contributed by atoms with Crippen LogP contribution in [-0.4, -0.2) is 37.9 Å². The average Bonchev–Trinajstić information content (AvgIpc) is 2.64. The molecule has 2 aromatic rings. The van der Waals surface area contributed by atoms with Gasteiger partial charge in [0.1, 0.15) is 11.5 Å². The fourth-order valence-electron chi connectivity index (χ4n) is 3.49. The molecule has 4 rings (SSSR count). The Morgan fingerprint density at radius 1 is 1.08 bits per heavy atom. The summed E-state index contributed by atoms with van der Waals surface area (Å²) in [5.41, 5.74) is 3.31. The smallest absolute Gasteiger partial charge is 0.213 e. The van der Waals surface area contributed by atoms with E-state index in [1.807, 2.05) is 18.2 Å². The average molecular weight is 325 g/mol. The van der Waals surface area contributed by atoms with Crippen molar-refractivity contribution in [1.29, 1.82) is 0 Å². The molecule has 0 amide bonds. The van der Waals surface area contributed by atoms with Crippen molar-refractivity contribution in [3.05, 3.63) is 48.0 Å². The lowest BCUT2D eigenvalue weighted by atomic mass is 9.99. The van der Waals surface area contributed by atoms with Gasteiger partial charge in [0.15, 0.2) is 0 Å². The van der Waals surface area contributed by atoms with Crippen LogP contribution in [0.25, 0.3) is 11.1 Å². The van der Waals surface area contributed by atoms with Gasteiger partial charge >= 0.3 is 0 Å². The van der Waals surface area contributed by atoms with E-state index in [0.29, 0.717) is 6.61 Å². The number of rotatable bonds is 2. The number of ether oxygens (including phenoxy) is 3. The van der Waals surface area contributed by atoms with Crippen LogP contribution in [0.2, 0.25) is 0 Å². The molecule has 0 radical (unpaired) electrons. The van der Waals surface area contributed by atoms with Crippen LogP contribution in [-0.2, 0) is 11.3 Å². The number of methoxy groups -OCH3 is 1. The fourth-order valence-corrected chi connectivity index (χ4v) is 3.49. The molecule has 2 aromatic carbocycles. The molecule has 0 unspecified atom stereocenters. The van der Waals surface area contributed by atoms with Crippen molar-refractivity contribution in [3.63, 3.8) is 0 Å². The topological polar surface area (TPSA) is 30.9 Å². The lowest BCUT2D eigenvalue weighted by Crippen LogP contribution is -2.50. The van der Waals surface area contributed by atoms with E-state index in [1.165, 1.54) is 0 Å². The zero-order chi connectivity index (χ0) is 16.6. The predicted octanol–water partition coefficient (Wildman–Crippen LogP) is 3.69. The first kappa shape index (κ1) is 15.5. The van der Waals surface area contributed by atoms with Crippen LogP contribution in [0.15, 0.2) is 42.5 Å². The first-order valence-corrected chi connectivity index (χ1v) is 8.47. The summed E-state index contributed by atoms with van der Waals surface area (Å²) in [7, 11) is 3.84. The third-order valence-electron chi connectivity index (χ3n) is 5.01. The van der Waals surface area contributed by atoms with Crippen molar-refractivity contribution in [2.45, 2.75) is 25.2 Å². The van der Waals surface area contributed by atoms with Crippen LogP contribution in [0.3, 0.4) is 0 Å². The number of nitrogens with zero attached hydrogens (tertiary/aromatic N) is 1. The molecule has 126 valence electrons. The molecular weight excluding hydrogens is 302 g/mol. The largest absolute Gasteiger partial charge is 0.496 e. The molecule has 1 saturated heterocycles. The highest BCUT2D eigenvalue weighted by atomic mass is 16.7. The van der Waals surface area contributed by atoms with E-state index in [4.69, 9.17) is 14.2 Å². The molecule has 0 aliphatic carbocycles. The molecule has 1 spiro atoms. The number of piperidine rings is 1. The van der Waals surface area contributed by atoms with E-state index in [2.05, 4.69) is 36.2 Å². The van der Waals surface area contributed by atoms with E-state index in [1.54, 1.807) is 7.11 Å². The monoisotopic (exact) mass is 325 g/mol. The Morgan fingerprint density at radius 2 is 1.88 bits per heavy atom. The van der Waals surface area contributed by atoms with Gasteiger partial charge < -0.3 is 19.1 Å². The molecule has 0 aromatic heterocycles. The minimum absolute atomic E-state index is 0.439. The highest BCUT2D eigenvalue weighted by Gasteiger charge is 2.40. The fraction of sp³-hybridized carbons (Fsp3) is 0.400. The second kappa shape index (κ2) is 6.11. The van der Waals surface area contributed by atoms with E-state index in [-0.39, 0.29) is 0 Å². The van der Waals surface area contributed by atoms with Crippen LogP contribution in [0.5, 0.6) is 11.5 Å². The van der Waals surface area contributed by atoms with E-state index < -0.39 is 5.79 Å². The maximum absolute atomic E-state index is 6.28. The molecule has 0 bridgehead atoms. The van der Waals surface area contributed by atoms with Crippen LogP contribution in [0, 0.1) is 0 Å². The van der Waals surface area contributed by atoms with Gasteiger partial charge in [-0.2, -0.15) is 0 Å². The standard InChI is InChI=1S/C20H23NO3/c1-21-11-9-20(10-12-21)23-14-16-13-15(7-8-18(16)24-20)17-5-3-4-6-19(17)22-2/h3-8,13H,9-12,14H2,1-2H3. The van der Waals surface area contributed by atoms with Gasteiger partial charge in [-0.3, -0.25) is 0 Å². The lowest BCUT2D eigenvalue weighted by Gasteiger charge is -2.43. The molecule has 24 heavy (non-hydrogen) atoms. The second-order valence-corrected chi connectivity index (χ2v) is 6.63. The molecule has 1 fully saturated rings. The van der Waals surface area contributed by atoms with Crippen LogP contribution in [0.1, 0.15) is 18.4 Å². The summed E-state index contributed by atoms with van der Waals surface area (Å²) in [5, 5.41) is 0. The third-order valence-corrected chi connectivity index (χ3v) is 5.01. The molecule has 2 heterocycles. The second-order valence-electron chi connectivity index (χ2n) is 6.63. The zero-order valence-corrected chi connectivity index (χ0v) is 14.2. The molecule has 2 aliphatic rings. The van der Waals surface area contributed by atoms with Gasteiger partial charge in [-0.25, -0.2) is 0 Å². The number of likely N-dealkylation sites (tertiary alicyclic amines) is 1. The number of hydrogen-bond acceptors (Lipinski definition) is 4. The van der Waals surface area contributed by atoms with Gasteiger partial charge in [-0.1, -0.05) is 24.3 Å². The minimum atomic E-state index is -0.439. The molecule has 0 N–H and O–H groups in total. The van der Waals surface area contributed by atoms with E-state index >= 15 is 0 Å². The summed E-state index contributed by atoms with van der Waals surface area (Å²) in [6.07, 6.45) is 1.83. The van der Waals surface area contributed by atoms with Crippen molar-refractivity contribution >= 4 is 0 Å². The summed E-state index contributed by atoms with van der Waals surface area (Å²) < 4.78 is 17.9. The number of para-hydroxylation sites is 1. The van der Waals surface area contributed by atoms with Gasteiger partial charge in [0.2, 0.25) is 5.79 Å². The Hall–Kier alpha value is -2.04. The summed E-state index contributed by atoms with van der Waals surface area (Å²) in [6.45, 7) is 2.62. The summed E-state index contributed by atoms with van der Waals surface area (Å²) in [6, 6.07) is 14.4. The van der Waals surface area contributed by atoms with Crippen molar-refractivity contribution in [2.24, 2.45) is 0 Å². The SMILES string of the molecule is COc1ccccc1-c1ccc2c(c1)COC1(CCN(C)CC1)O2.